The zero-order chi connectivity index (χ0) is 14.4. The number of halogens is 1. The number of nitrogens with zero attached hydrogens (tertiary/aromatic N) is 3. The summed E-state index contributed by atoms with van der Waals surface area (Å²) in [4.78, 5) is 0. The summed E-state index contributed by atoms with van der Waals surface area (Å²) >= 11 is 3.47. The third kappa shape index (κ3) is 4.72. The first-order chi connectivity index (χ1) is 9.67. The molecule has 20 heavy (non-hydrogen) atoms. The second-order valence-corrected chi connectivity index (χ2v) is 5.98. The van der Waals surface area contributed by atoms with Crippen molar-refractivity contribution in [2.75, 3.05) is 6.54 Å². The Morgan fingerprint density at radius 2 is 2.00 bits per heavy atom. The van der Waals surface area contributed by atoms with Crippen molar-refractivity contribution in [1.29, 1.82) is 0 Å². The molecule has 0 aliphatic rings. The maximum absolute atomic E-state index is 4.18. The standard InChI is InChI=1S/C15H21BrN4/c1-3-8-17-14(10-15-11-20(2)19-18-15)9-12-4-6-13(16)7-5-12/h4-7,11,14,17H,3,8-10H2,1-2H3. The molecule has 0 aliphatic carbocycles. The lowest BCUT2D eigenvalue weighted by Gasteiger charge is -2.17. The molecule has 0 fully saturated rings. The van der Waals surface area contributed by atoms with Crippen molar-refractivity contribution in [3.8, 4) is 0 Å². The van der Waals surface area contributed by atoms with Crippen LogP contribution in [0.25, 0.3) is 0 Å². The molecular formula is C15H21BrN4. The topological polar surface area (TPSA) is 42.7 Å². The Morgan fingerprint density at radius 3 is 2.60 bits per heavy atom. The molecule has 0 saturated heterocycles. The second kappa shape index (κ2) is 7.55. The van der Waals surface area contributed by atoms with Crippen LogP contribution in [0, 0.1) is 0 Å². The van der Waals surface area contributed by atoms with Gasteiger partial charge >= 0.3 is 0 Å². The average Bonchev–Trinajstić information content (AvgIpc) is 2.84. The molecule has 0 aliphatic heterocycles. The third-order valence-electron chi connectivity index (χ3n) is 3.18. The minimum atomic E-state index is 0.396. The number of nitrogens with one attached hydrogen (secondary N) is 1. The van der Waals surface area contributed by atoms with E-state index in [4.69, 9.17) is 0 Å². The van der Waals surface area contributed by atoms with Gasteiger partial charge in [-0.25, -0.2) is 0 Å². The van der Waals surface area contributed by atoms with Crippen molar-refractivity contribution in [1.82, 2.24) is 20.3 Å². The minimum Gasteiger partial charge on any atom is -0.313 e. The Bertz CT molecular complexity index is 521. The van der Waals surface area contributed by atoms with E-state index in [1.807, 2.05) is 13.2 Å². The van der Waals surface area contributed by atoms with Gasteiger partial charge in [0.05, 0.1) is 5.69 Å². The Labute approximate surface area is 128 Å². The monoisotopic (exact) mass is 336 g/mol. The summed E-state index contributed by atoms with van der Waals surface area (Å²) < 4.78 is 2.87. The van der Waals surface area contributed by atoms with Gasteiger partial charge < -0.3 is 5.32 Å². The van der Waals surface area contributed by atoms with Crippen LogP contribution in [0.15, 0.2) is 34.9 Å². The predicted molar refractivity (Wildman–Crippen MR) is 84.6 cm³/mol. The van der Waals surface area contributed by atoms with E-state index in [9.17, 15) is 0 Å². The normalized spacial score (nSPS) is 12.6. The molecule has 1 aromatic carbocycles. The maximum atomic E-state index is 4.18. The summed E-state index contributed by atoms with van der Waals surface area (Å²) in [5.41, 5.74) is 2.38. The summed E-state index contributed by atoms with van der Waals surface area (Å²) in [6.07, 6.45) is 5.03. The summed E-state index contributed by atoms with van der Waals surface area (Å²) in [7, 11) is 1.90. The molecule has 0 amide bonds. The number of aryl methyl sites for hydroxylation is 1. The molecule has 1 N–H and O–H groups in total. The first-order valence-corrected chi connectivity index (χ1v) is 7.79. The van der Waals surface area contributed by atoms with Crippen molar-refractivity contribution in [2.24, 2.45) is 7.05 Å². The van der Waals surface area contributed by atoms with Gasteiger partial charge in [0.15, 0.2) is 0 Å². The summed E-state index contributed by atoms with van der Waals surface area (Å²) in [5.74, 6) is 0. The van der Waals surface area contributed by atoms with Gasteiger partial charge in [0.25, 0.3) is 0 Å². The summed E-state index contributed by atoms with van der Waals surface area (Å²) in [5, 5.41) is 11.8. The van der Waals surface area contributed by atoms with Crippen LogP contribution in [0.1, 0.15) is 24.6 Å². The highest BCUT2D eigenvalue weighted by atomic mass is 79.9. The first kappa shape index (κ1) is 15.2. The fourth-order valence-electron chi connectivity index (χ4n) is 2.21. The lowest BCUT2D eigenvalue weighted by molar-refractivity contribution is 0.500. The lowest BCUT2D eigenvalue weighted by Crippen LogP contribution is -2.34. The van der Waals surface area contributed by atoms with Crippen LogP contribution in [0.4, 0.5) is 0 Å². The summed E-state index contributed by atoms with van der Waals surface area (Å²) in [6, 6.07) is 8.92. The average molecular weight is 337 g/mol. The van der Waals surface area contributed by atoms with Crippen LogP contribution >= 0.6 is 15.9 Å². The first-order valence-electron chi connectivity index (χ1n) is 7.00. The van der Waals surface area contributed by atoms with Crippen LogP contribution in [-0.2, 0) is 19.9 Å². The van der Waals surface area contributed by atoms with Crippen molar-refractivity contribution in [3.05, 3.63) is 46.2 Å². The van der Waals surface area contributed by atoms with E-state index in [0.717, 1.165) is 36.0 Å². The van der Waals surface area contributed by atoms with Crippen LogP contribution < -0.4 is 5.32 Å². The molecule has 0 radical (unpaired) electrons. The zero-order valence-corrected chi connectivity index (χ0v) is 13.6. The Hall–Kier alpha value is -1.20. The molecule has 0 spiro atoms. The number of hydrogen-bond donors (Lipinski definition) is 1. The van der Waals surface area contributed by atoms with Gasteiger partial charge in [0.1, 0.15) is 0 Å². The molecule has 2 aromatic rings. The van der Waals surface area contributed by atoms with Crippen LogP contribution in [0.2, 0.25) is 0 Å². The Morgan fingerprint density at radius 1 is 1.25 bits per heavy atom. The van der Waals surface area contributed by atoms with Gasteiger partial charge in [0.2, 0.25) is 0 Å². The number of hydrogen-bond acceptors (Lipinski definition) is 3. The number of rotatable bonds is 7. The highest BCUT2D eigenvalue weighted by Gasteiger charge is 2.12. The highest BCUT2D eigenvalue weighted by Crippen LogP contribution is 2.13. The fraction of sp³-hybridized carbons (Fsp3) is 0.467. The van der Waals surface area contributed by atoms with Crippen molar-refractivity contribution >= 4 is 15.9 Å². The summed E-state index contributed by atoms with van der Waals surface area (Å²) in [6.45, 7) is 3.22. The van der Waals surface area contributed by atoms with E-state index in [1.165, 1.54) is 5.56 Å². The second-order valence-electron chi connectivity index (χ2n) is 5.07. The highest BCUT2D eigenvalue weighted by molar-refractivity contribution is 9.10. The van der Waals surface area contributed by atoms with Gasteiger partial charge in [-0.15, -0.1) is 5.10 Å². The van der Waals surface area contributed by atoms with Crippen LogP contribution in [0.5, 0.6) is 0 Å². The largest absolute Gasteiger partial charge is 0.313 e. The van der Waals surface area contributed by atoms with Gasteiger partial charge in [0, 0.05) is 30.2 Å². The fourth-order valence-corrected chi connectivity index (χ4v) is 2.48. The van der Waals surface area contributed by atoms with E-state index < -0.39 is 0 Å². The quantitative estimate of drug-likeness (QED) is 0.845. The molecule has 4 nitrogen and oxygen atoms in total. The van der Waals surface area contributed by atoms with Crippen LogP contribution in [0.3, 0.4) is 0 Å². The SMILES string of the molecule is CCCNC(Cc1ccc(Br)cc1)Cc1cn(C)nn1. The van der Waals surface area contributed by atoms with Crippen molar-refractivity contribution in [2.45, 2.75) is 32.2 Å². The number of benzene rings is 1. The smallest absolute Gasteiger partial charge is 0.0842 e. The molecule has 108 valence electrons. The number of aromatic nitrogens is 3. The van der Waals surface area contributed by atoms with Gasteiger partial charge in [-0.3, -0.25) is 4.68 Å². The molecular weight excluding hydrogens is 316 g/mol. The van der Waals surface area contributed by atoms with Gasteiger partial charge in [-0.1, -0.05) is 40.2 Å². The van der Waals surface area contributed by atoms with Gasteiger partial charge in [-0.2, -0.15) is 0 Å². The Kier molecular flexibility index (Phi) is 5.73. The molecule has 1 heterocycles. The van der Waals surface area contributed by atoms with E-state index in [-0.39, 0.29) is 0 Å². The van der Waals surface area contributed by atoms with E-state index in [1.54, 1.807) is 4.68 Å². The molecule has 1 atom stereocenters. The minimum absolute atomic E-state index is 0.396. The third-order valence-corrected chi connectivity index (χ3v) is 3.71. The van der Waals surface area contributed by atoms with E-state index >= 15 is 0 Å². The molecule has 0 saturated carbocycles. The van der Waals surface area contributed by atoms with Gasteiger partial charge in [-0.05, 0) is 37.1 Å². The lowest BCUT2D eigenvalue weighted by atomic mass is 10.0. The molecule has 2 rings (SSSR count). The van der Waals surface area contributed by atoms with Crippen molar-refractivity contribution < 1.29 is 0 Å². The zero-order valence-electron chi connectivity index (χ0n) is 12.0. The van der Waals surface area contributed by atoms with Crippen LogP contribution in [-0.4, -0.2) is 27.6 Å². The molecule has 1 unspecified atom stereocenters. The Balaban J connectivity index is 2.00. The van der Waals surface area contributed by atoms with Crippen molar-refractivity contribution in [3.63, 3.8) is 0 Å². The molecule has 0 bridgehead atoms. The predicted octanol–water partition coefficient (Wildman–Crippen LogP) is 2.73. The maximum Gasteiger partial charge on any atom is 0.0842 e. The molecule has 1 aromatic heterocycles. The molecule has 5 heteroatoms. The van der Waals surface area contributed by atoms with E-state index in [2.05, 4.69) is 62.7 Å². The van der Waals surface area contributed by atoms with E-state index in [0.29, 0.717) is 6.04 Å².